The summed E-state index contributed by atoms with van der Waals surface area (Å²) in [5.74, 6) is 0.500. The number of ketones is 1. The van der Waals surface area contributed by atoms with Gasteiger partial charge in [-0.3, -0.25) is 4.79 Å². The van der Waals surface area contributed by atoms with E-state index in [1.807, 2.05) is 6.08 Å². The molecular formula is C21H36O6. The fourth-order valence-corrected chi connectivity index (χ4v) is 4.31. The average molecular weight is 385 g/mol. The molecule has 5 unspecified atom stereocenters. The monoisotopic (exact) mass is 384 g/mol. The molecule has 6 heteroatoms. The molecule has 1 saturated heterocycles. The Morgan fingerprint density at radius 2 is 1.70 bits per heavy atom. The fraction of sp³-hybridized carbons (Fsp3) is 0.857. The van der Waals surface area contributed by atoms with Crippen molar-refractivity contribution < 1.29 is 30.0 Å². The van der Waals surface area contributed by atoms with Crippen LogP contribution in [0.3, 0.4) is 0 Å². The Hall–Kier alpha value is -0.790. The van der Waals surface area contributed by atoms with E-state index < -0.39 is 37.1 Å². The van der Waals surface area contributed by atoms with Gasteiger partial charge in [-0.1, -0.05) is 52.0 Å². The average Bonchev–Trinajstić information content (AvgIpc) is 2.66. The van der Waals surface area contributed by atoms with Gasteiger partial charge < -0.3 is 25.2 Å². The van der Waals surface area contributed by atoms with Gasteiger partial charge >= 0.3 is 0 Å². The molecule has 0 spiro atoms. The number of Topliss-reactive ketones (excluding diaryl/α,β-unsaturated/α-hetero) is 1. The zero-order valence-corrected chi connectivity index (χ0v) is 16.6. The molecule has 4 N–H and O–H groups in total. The molecule has 1 aliphatic heterocycles. The van der Waals surface area contributed by atoms with E-state index in [4.69, 9.17) is 4.74 Å². The molecule has 156 valence electrons. The van der Waals surface area contributed by atoms with Crippen LogP contribution in [0.5, 0.6) is 0 Å². The highest BCUT2D eigenvalue weighted by Crippen LogP contribution is 2.37. The number of unbranched alkanes of at least 4 members (excludes halogenated alkanes) is 3. The van der Waals surface area contributed by atoms with Gasteiger partial charge in [0.1, 0.15) is 30.5 Å². The molecule has 1 fully saturated rings. The summed E-state index contributed by atoms with van der Waals surface area (Å²) < 4.78 is 5.63. The van der Waals surface area contributed by atoms with E-state index in [0.717, 1.165) is 44.9 Å². The van der Waals surface area contributed by atoms with Crippen LogP contribution in [0.4, 0.5) is 0 Å². The molecule has 6 nitrogen and oxygen atoms in total. The van der Waals surface area contributed by atoms with E-state index in [2.05, 4.69) is 13.8 Å². The van der Waals surface area contributed by atoms with Gasteiger partial charge in [0, 0.05) is 12.0 Å². The Labute approximate surface area is 162 Å². The van der Waals surface area contributed by atoms with Crippen LogP contribution in [0.15, 0.2) is 11.6 Å². The molecule has 0 radical (unpaired) electrons. The molecule has 0 saturated carbocycles. The second-order valence-corrected chi connectivity index (χ2v) is 8.06. The Balaban J connectivity index is 2.21. The van der Waals surface area contributed by atoms with Crippen molar-refractivity contribution >= 4 is 5.78 Å². The number of hydrogen-bond acceptors (Lipinski definition) is 6. The second-order valence-electron chi connectivity index (χ2n) is 8.06. The summed E-state index contributed by atoms with van der Waals surface area (Å²) in [5.41, 5.74) is 0.389. The number of hydrogen-bond donors (Lipinski definition) is 4. The molecule has 2 rings (SSSR count). The molecule has 27 heavy (non-hydrogen) atoms. The molecule has 7 atom stereocenters. The number of carbonyl (C=O) groups is 1. The molecule has 1 aliphatic carbocycles. The van der Waals surface area contributed by atoms with Crippen LogP contribution in [0.25, 0.3) is 0 Å². The fourth-order valence-electron chi connectivity index (χ4n) is 4.31. The SMILES string of the molecule is CCCCC[C@@H]1CC(=O)C(C2OC(CO)C(O)C(O)C2O)=C[C@H]1CCCC. The maximum atomic E-state index is 12.8. The summed E-state index contributed by atoms with van der Waals surface area (Å²) in [6.45, 7) is 3.82. The lowest BCUT2D eigenvalue weighted by Crippen LogP contribution is -2.59. The largest absolute Gasteiger partial charge is 0.394 e. The second kappa shape index (κ2) is 10.7. The predicted octanol–water partition coefficient (Wildman–Crippen LogP) is 1.73. The summed E-state index contributed by atoms with van der Waals surface area (Å²) in [7, 11) is 0. The van der Waals surface area contributed by atoms with Gasteiger partial charge in [-0.05, 0) is 24.7 Å². The number of ether oxygens (including phenoxy) is 1. The van der Waals surface area contributed by atoms with Gasteiger partial charge in [-0.2, -0.15) is 0 Å². The van der Waals surface area contributed by atoms with E-state index in [0.29, 0.717) is 17.9 Å². The number of rotatable bonds is 9. The number of aliphatic hydroxyl groups is 4. The highest BCUT2D eigenvalue weighted by atomic mass is 16.5. The third kappa shape index (κ3) is 5.39. The van der Waals surface area contributed by atoms with Crippen LogP contribution < -0.4 is 0 Å². The zero-order valence-electron chi connectivity index (χ0n) is 16.6. The first kappa shape index (κ1) is 22.5. The quantitative estimate of drug-likeness (QED) is 0.451. The summed E-state index contributed by atoms with van der Waals surface area (Å²) in [6, 6.07) is 0. The van der Waals surface area contributed by atoms with Gasteiger partial charge in [-0.15, -0.1) is 0 Å². The lowest BCUT2D eigenvalue weighted by molar-refractivity contribution is -0.220. The molecule has 0 aromatic heterocycles. The third-order valence-corrected chi connectivity index (χ3v) is 6.04. The summed E-state index contributed by atoms with van der Waals surface area (Å²) in [5, 5.41) is 39.8. The summed E-state index contributed by atoms with van der Waals surface area (Å²) in [6.07, 6.45) is 3.70. The highest BCUT2D eigenvalue weighted by Gasteiger charge is 2.47. The molecule has 0 aromatic rings. The van der Waals surface area contributed by atoms with E-state index in [1.54, 1.807) is 0 Å². The van der Waals surface area contributed by atoms with Gasteiger partial charge in [0.25, 0.3) is 0 Å². The number of allylic oxidation sites excluding steroid dienone is 1. The highest BCUT2D eigenvalue weighted by molar-refractivity contribution is 5.97. The Morgan fingerprint density at radius 3 is 2.33 bits per heavy atom. The third-order valence-electron chi connectivity index (χ3n) is 6.04. The number of aliphatic hydroxyl groups excluding tert-OH is 4. The van der Waals surface area contributed by atoms with Crippen molar-refractivity contribution in [2.75, 3.05) is 6.61 Å². The Bertz CT molecular complexity index is 503. The molecule has 0 amide bonds. The van der Waals surface area contributed by atoms with Gasteiger partial charge in [0.15, 0.2) is 5.78 Å². The molecular weight excluding hydrogens is 348 g/mol. The van der Waals surface area contributed by atoms with Crippen LogP contribution in [0.1, 0.15) is 65.2 Å². The first-order valence-corrected chi connectivity index (χ1v) is 10.5. The molecule has 0 aromatic carbocycles. The first-order valence-electron chi connectivity index (χ1n) is 10.5. The van der Waals surface area contributed by atoms with E-state index in [9.17, 15) is 25.2 Å². The van der Waals surface area contributed by atoms with E-state index in [1.165, 1.54) is 0 Å². The van der Waals surface area contributed by atoms with Crippen molar-refractivity contribution in [3.05, 3.63) is 11.6 Å². The van der Waals surface area contributed by atoms with Crippen molar-refractivity contribution in [1.82, 2.24) is 0 Å². The lowest BCUT2D eigenvalue weighted by atomic mass is 9.73. The minimum atomic E-state index is -1.45. The van der Waals surface area contributed by atoms with Crippen LogP contribution >= 0.6 is 0 Å². The van der Waals surface area contributed by atoms with Gasteiger partial charge in [0.05, 0.1) is 6.61 Å². The molecule has 1 heterocycles. The Morgan fingerprint density at radius 1 is 1.00 bits per heavy atom. The minimum Gasteiger partial charge on any atom is -0.394 e. The molecule has 2 aliphatic rings. The van der Waals surface area contributed by atoms with Crippen LogP contribution in [0, 0.1) is 11.8 Å². The normalized spacial score (nSPS) is 37.3. The molecule has 0 bridgehead atoms. The standard InChI is InChI=1S/C21H36O6/c1-3-5-7-9-14-11-16(23)15(10-13(14)8-6-4-2)21-20(26)19(25)18(24)17(12-22)27-21/h10,13-14,17-22,24-26H,3-9,11-12H2,1-2H3/t13-,14-,17?,18?,19?,20?,21?/m1/s1. The number of carbonyl (C=O) groups excluding carboxylic acids is 1. The maximum Gasteiger partial charge on any atom is 0.161 e. The maximum absolute atomic E-state index is 12.8. The van der Waals surface area contributed by atoms with Gasteiger partial charge in [0.2, 0.25) is 0 Å². The van der Waals surface area contributed by atoms with Crippen LogP contribution in [-0.2, 0) is 9.53 Å². The summed E-state index contributed by atoms with van der Waals surface area (Å²) in [4.78, 5) is 12.8. The van der Waals surface area contributed by atoms with Gasteiger partial charge in [-0.25, -0.2) is 0 Å². The van der Waals surface area contributed by atoms with E-state index in [-0.39, 0.29) is 11.7 Å². The van der Waals surface area contributed by atoms with Crippen LogP contribution in [-0.4, -0.2) is 63.3 Å². The summed E-state index contributed by atoms with van der Waals surface area (Å²) >= 11 is 0. The van der Waals surface area contributed by atoms with Crippen molar-refractivity contribution in [3.8, 4) is 0 Å². The lowest BCUT2D eigenvalue weighted by Gasteiger charge is -2.42. The van der Waals surface area contributed by atoms with E-state index >= 15 is 0 Å². The predicted molar refractivity (Wildman–Crippen MR) is 102 cm³/mol. The van der Waals surface area contributed by atoms with Crippen molar-refractivity contribution in [2.45, 2.75) is 95.7 Å². The Kier molecular flexibility index (Phi) is 8.89. The smallest absolute Gasteiger partial charge is 0.161 e. The van der Waals surface area contributed by atoms with Crippen molar-refractivity contribution in [2.24, 2.45) is 11.8 Å². The van der Waals surface area contributed by atoms with Crippen LogP contribution in [0.2, 0.25) is 0 Å². The topological polar surface area (TPSA) is 107 Å². The zero-order chi connectivity index (χ0) is 20.0. The minimum absolute atomic E-state index is 0.0615. The first-order chi connectivity index (χ1) is 12.9. The van der Waals surface area contributed by atoms with Crippen molar-refractivity contribution in [1.29, 1.82) is 0 Å². The van der Waals surface area contributed by atoms with Crippen molar-refractivity contribution in [3.63, 3.8) is 0 Å².